The number of fused-ring (bicyclic) bond motifs is 1. The topological polar surface area (TPSA) is 73.5 Å². The minimum absolute atomic E-state index is 0.0311. The van der Waals surface area contributed by atoms with Gasteiger partial charge in [-0.2, -0.15) is 0 Å². The summed E-state index contributed by atoms with van der Waals surface area (Å²) < 4.78 is 13.3. The van der Waals surface area contributed by atoms with E-state index in [1.54, 1.807) is 12.1 Å². The van der Waals surface area contributed by atoms with E-state index in [1.807, 2.05) is 11.9 Å². The first kappa shape index (κ1) is 22.2. The summed E-state index contributed by atoms with van der Waals surface area (Å²) in [5, 5.41) is 3.12. The molecule has 2 heterocycles. The number of amides is 2. The van der Waals surface area contributed by atoms with Crippen molar-refractivity contribution in [1.29, 1.82) is 0 Å². The van der Waals surface area contributed by atoms with Crippen LogP contribution in [0.1, 0.15) is 63.4 Å². The fourth-order valence-corrected chi connectivity index (χ4v) is 5.61. The molecule has 1 aliphatic carbocycles. The number of nitrogens with zero attached hydrogens (tertiary/aromatic N) is 1. The monoisotopic (exact) mass is 430 g/mol. The lowest BCUT2D eigenvalue weighted by Crippen LogP contribution is -2.46. The second-order valence-electron chi connectivity index (χ2n) is 9.71. The van der Waals surface area contributed by atoms with Gasteiger partial charge in [0.2, 0.25) is 11.8 Å². The van der Waals surface area contributed by atoms with E-state index < -0.39 is 5.54 Å². The Labute approximate surface area is 184 Å². The Morgan fingerprint density at radius 1 is 1.16 bits per heavy atom. The quantitative estimate of drug-likeness (QED) is 0.622. The highest BCUT2D eigenvalue weighted by Crippen LogP contribution is 2.31. The van der Waals surface area contributed by atoms with Crippen LogP contribution in [0.25, 0.3) is 0 Å². The second-order valence-corrected chi connectivity index (χ2v) is 9.71. The van der Waals surface area contributed by atoms with E-state index in [0.717, 1.165) is 5.56 Å². The summed E-state index contributed by atoms with van der Waals surface area (Å²) >= 11 is 0. The fraction of sp³-hybridized carbons (Fsp3) is 0.667. The molecule has 4 atom stereocenters. The van der Waals surface area contributed by atoms with Gasteiger partial charge in [0, 0.05) is 44.1 Å². The van der Waals surface area contributed by atoms with E-state index in [1.165, 1.54) is 44.2 Å². The van der Waals surface area contributed by atoms with E-state index in [9.17, 15) is 14.0 Å². The number of hydrogen-bond donors (Lipinski definition) is 3. The minimum Gasteiger partial charge on any atom is -0.350 e. The van der Waals surface area contributed by atoms with Gasteiger partial charge in [-0.3, -0.25) is 20.4 Å². The molecule has 3 aliphatic rings. The molecular formula is C24H35FN4O2. The van der Waals surface area contributed by atoms with Gasteiger partial charge < -0.3 is 10.2 Å². The van der Waals surface area contributed by atoms with Crippen LogP contribution >= 0.6 is 0 Å². The number of carbonyl (C=O) groups is 2. The van der Waals surface area contributed by atoms with E-state index in [4.69, 9.17) is 0 Å². The van der Waals surface area contributed by atoms with Crippen LogP contribution in [-0.4, -0.2) is 47.9 Å². The Bertz CT molecular complexity index is 786. The van der Waals surface area contributed by atoms with Crippen LogP contribution < -0.4 is 16.2 Å². The van der Waals surface area contributed by atoms with Gasteiger partial charge in [-0.1, -0.05) is 31.4 Å². The Morgan fingerprint density at radius 3 is 2.68 bits per heavy atom. The zero-order chi connectivity index (χ0) is 21.8. The van der Waals surface area contributed by atoms with Gasteiger partial charge in [0.25, 0.3) is 0 Å². The number of likely N-dealkylation sites (N-methyl/N-ethyl adjacent to an activating group) is 1. The van der Waals surface area contributed by atoms with Crippen LogP contribution in [0.3, 0.4) is 0 Å². The molecule has 0 radical (unpaired) electrons. The zero-order valence-corrected chi connectivity index (χ0v) is 18.5. The molecule has 0 aromatic heterocycles. The Balaban J connectivity index is 1.33. The lowest BCUT2D eigenvalue weighted by Gasteiger charge is -2.31. The van der Waals surface area contributed by atoms with Crippen LogP contribution in [0, 0.1) is 11.7 Å². The summed E-state index contributed by atoms with van der Waals surface area (Å²) in [5.74, 6) is 0.453. The van der Waals surface area contributed by atoms with Crippen molar-refractivity contribution in [3.05, 3.63) is 35.6 Å². The van der Waals surface area contributed by atoms with Gasteiger partial charge in [0.05, 0.1) is 0 Å². The van der Waals surface area contributed by atoms with Crippen LogP contribution in [0.4, 0.5) is 4.39 Å². The summed E-state index contributed by atoms with van der Waals surface area (Å²) in [6, 6.07) is 7.22. The highest BCUT2D eigenvalue weighted by molar-refractivity contribution is 5.80. The van der Waals surface area contributed by atoms with E-state index in [0.29, 0.717) is 50.6 Å². The van der Waals surface area contributed by atoms with Crippen molar-refractivity contribution in [2.24, 2.45) is 5.92 Å². The number of hydrogen-bond acceptors (Lipinski definition) is 4. The van der Waals surface area contributed by atoms with Crippen molar-refractivity contribution in [3.63, 3.8) is 0 Å². The molecule has 170 valence electrons. The van der Waals surface area contributed by atoms with E-state index in [2.05, 4.69) is 16.2 Å². The normalized spacial score (nSPS) is 30.5. The SMILES string of the molecule is CN(CC1NNC2CCCCCC21)C(=O)CCC1(Cc2ccc(F)cc2)CCC(=O)N1. The molecule has 4 rings (SSSR count). The zero-order valence-electron chi connectivity index (χ0n) is 18.5. The smallest absolute Gasteiger partial charge is 0.222 e. The van der Waals surface area contributed by atoms with Crippen molar-refractivity contribution in [2.45, 2.75) is 81.8 Å². The maximum absolute atomic E-state index is 13.3. The first-order chi connectivity index (χ1) is 14.9. The predicted octanol–water partition coefficient (Wildman–Crippen LogP) is 2.68. The number of rotatable bonds is 7. The number of carbonyl (C=O) groups excluding carboxylic acids is 2. The largest absolute Gasteiger partial charge is 0.350 e. The third kappa shape index (κ3) is 5.44. The van der Waals surface area contributed by atoms with Crippen LogP contribution in [-0.2, 0) is 16.0 Å². The molecule has 31 heavy (non-hydrogen) atoms. The van der Waals surface area contributed by atoms with Crippen LogP contribution in [0.5, 0.6) is 0 Å². The molecule has 4 unspecified atom stereocenters. The lowest BCUT2D eigenvalue weighted by molar-refractivity contribution is -0.131. The van der Waals surface area contributed by atoms with Gasteiger partial charge in [-0.05, 0) is 55.7 Å². The molecule has 2 amide bonds. The van der Waals surface area contributed by atoms with Gasteiger partial charge in [0.1, 0.15) is 5.82 Å². The number of benzene rings is 1. The predicted molar refractivity (Wildman–Crippen MR) is 118 cm³/mol. The van der Waals surface area contributed by atoms with E-state index >= 15 is 0 Å². The first-order valence-corrected chi connectivity index (χ1v) is 11.7. The summed E-state index contributed by atoms with van der Waals surface area (Å²) in [7, 11) is 1.88. The van der Waals surface area contributed by atoms with Crippen LogP contribution in [0.2, 0.25) is 0 Å². The van der Waals surface area contributed by atoms with E-state index in [-0.39, 0.29) is 23.7 Å². The molecule has 0 spiro atoms. The fourth-order valence-electron chi connectivity index (χ4n) is 5.61. The average Bonchev–Trinajstić information content (AvgIpc) is 3.21. The number of nitrogens with one attached hydrogen (secondary N) is 3. The van der Waals surface area contributed by atoms with Gasteiger partial charge in [-0.15, -0.1) is 0 Å². The standard InChI is InChI=1S/C24H35FN4O2/c1-29(16-21-19-5-3-2-4-6-20(19)27-28-21)23(31)12-14-24(13-11-22(30)26-24)15-17-7-9-18(25)10-8-17/h7-10,19-21,27-28H,2-6,11-16H2,1H3,(H,26,30). The summed E-state index contributed by atoms with van der Waals surface area (Å²) in [4.78, 5) is 26.8. The highest BCUT2D eigenvalue weighted by Gasteiger charge is 2.39. The average molecular weight is 431 g/mol. The molecule has 1 aromatic carbocycles. The second kappa shape index (κ2) is 9.65. The molecule has 2 aliphatic heterocycles. The summed E-state index contributed by atoms with van der Waals surface area (Å²) in [6.45, 7) is 0.699. The van der Waals surface area contributed by atoms with Crippen molar-refractivity contribution in [2.75, 3.05) is 13.6 Å². The number of hydrazine groups is 1. The van der Waals surface area contributed by atoms with Gasteiger partial charge in [-0.25, -0.2) is 4.39 Å². The Kier molecular flexibility index (Phi) is 6.92. The number of halogens is 1. The van der Waals surface area contributed by atoms with Crippen molar-refractivity contribution >= 4 is 11.8 Å². The molecular weight excluding hydrogens is 395 g/mol. The van der Waals surface area contributed by atoms with Gasteiger partial charge >= 0.3 is 0 Å². The maximum Gasteiger partial charge on any atom is 0.222 e. The highest BCUT2D eigenvalue weighted by atomic mass is 19.1. The molecule has 1 saturated carbocycles. The minimum atomic E-state index is -0.426. The lowest BCUT2D eigenvalue weighted by atomic mass is 9.84. The first-order valence-electron chi connectivity index (χ1n) is 11.7. The molecule has 6 nitrogen and oxygen atoms in total. The molecule has 2 saturated heterocycles. The third-order valence-electron chi connectivity index (χ3n) is 7.45. The molecule has 3 fully saturated rings. The van der Waals surface area contributed by atoms with Crippen molar-refractivity contribution < 1.29 is 14.0 Å². The Hall–Kier alpha value is -1.99. The Morgan fingerprint density at radius 2 is 1.94 bits per heavy atom. The molecule has 0 bridgehead atoms. The molecule has 3 N–H and O–H groups in total. The molecule has 7 heteroatoms. The van der Waals surface area contributed by atoms with Crippen molar-refractivity contribution in [3.8, 4) is 0 Å². The molecule has 1 aromatic rings. The van der Waals surface area contributed by atoms with Crippen molar-refractivity contribution in [1.82, 2.24) is 21.1 Å². The van der Waals surface area contributed by atoms with Crippen LogP contribution in [0.15, 0.2) is 24.3 Å². The maximum atomic E-state index is 13.3. The third-order valence-corrected chi connectivity index (χ3v) is 7.45. The van der Waals surface area contributed by atoms with Gasteiger partial charge in [0.15, 0.2) is 0 Å². The summed E-state index contributed by atoms with van der Waals surface area (Å²) in [6.07, 6.45) is 9.06. The summed E-state index contributed by atoms with van der Waals surface area (Å²) in [5.41, 5.74) is 7.43.